The first-order valence-corrected chi connectivity index (χ1v) is 7.16. The molecule has 0 fully saturated rings. The number of aromatic nitrogens is 1. The molecule has 0 aliphatic rings. The Morgan fingerprint density at radius 2 is 2.35 bits per heavy atom. The van der Waals surface area contributed by atoms with Crippen LogP contribution in [-0.4, -0.2) is 39.3 Å². The van der Waals surface area contributed by atoms with Gasteiger partial charge in [-0.25, -0.2) is 0 Å². The average Bonchev–Trinajstić information content (AvgIpc) is 2.52. The maximum absolute atomic E-state index is 11.8. The van der Waals surface area contributed by atoms with E-state index in [-0.39, 0.29) is 29.5 Å². The van der Waals surface area contributed by atoms with E-state index in [9.17, 15) is 14.9 Å². The zero-order chi connectivity index (χ0) is 17.2. The lowest BCUT2D eigenvalue weighted by atomic mass is 10.1. The molecule has 0 aromatic carbocycles. The van der Waals surface area contributed by atoms with E-state index in [0.717, 1.165) is 5.56 Å². The van der Waals surface area contributed by atoms with E-state index >= 15 is 0 Å². The van der Waals surface area contributed by atoms with Crippen molar-refractivity contribution in [3.8, 4) is 0 Å². The van der Waals surface area contributed by atoms with Crippen molar-refractivity contribution in [1.29, 1.82) is 0 Å². The number of rotatable bonds is 8. The van der Waals surface area contributed by atoms with Gasteiger partial charge in [-0.1, -0.05) is 18.1 Å². The lowest BCUT2D eigenvalue weighted by Crippen LogP contribution is -2.31. The Kier molecular flexibility index (Phi) is 7.38. The van der Waals surface area contributed by atoms with Gasteiger partial charge >= 0.3 is 0 Å². The SMILES string of the molecule is CCC(C(C)=CC(CNC(=O)Cc1cccnc1)=NO)[N+](=O)[O-]. The molecule has 0 saturated heterocycles. The van der Waals surface area contributed by atoms with E-state index in [1.807, 2.05) is 0 Å². The van der Waals surface area contributed by atoms with Crippen molar-refractivity contribution in [3.05, 3.63) is 51.9 Å². The number of nitro groups is 1. The third-order valence-electron chi connectivity index (χ3n) is 3.24. The van der Waals surface area contributed by atoms with Crippen LogP contribution in [0.1, 0.15) is 25.8 Å². The summed E-state index contributed by atoms with van der Waals surface area (Å²) in [4.78, 5) is 26.2. The fraction of sp³-hybridized carbons (Fsp3) is 0.400. The Hall–Kier alpha value is -2.77. The predicted molar refractivity (Wildman–Crippen MR) is 85.0 cm³/mol. The van der Waals surface area contributed by atoms with E-state index in [2.05, 4.69) is 15.5 Å². The van der Waals surface area contributed by atoms with Gasteiger partial charge in [-0.15, -0.1) is 0 Å². The first kappa shape index (κ1) is 18.3. The normalized spacial score (nSPS) is 13.5. The Bertz CT molecular complexity index is 599. The molecule has 124 valence electrons. The highest BCUT2D eigenvalue weighted by Gasteiger charge is 2.20. The minimum atomic E-state index is -0.835. The van der Waals surface area contributed by atoms with Crippen molar-refractivity contribution in [2.24, 2.45) is 5.16 Å². The standard InChI is InChI=1S/C15H20N4O4/c1-3-14(19(22)23)11(2)7-13(18-21)10-17-15(20)8-12-5-4-6-16-9-12/h4-7,9,14,21H,3,8,10H2,1-2H3,(H,17,20). The maximum atomic E-state index is 11.8. The Balaban J connectivity index is 2.60. The van der Waals surface area contributed by atoms with E-state index in [0.29, 0.717) is 12.0 Å². The maximum Gasteiger partial charge on any atom is 0.233 e. The van der Waals surface area contributed by atoms with Crippen molar-refractivity contribution in [2.75, 3.05) is 6.54 Å². The molecule has 0 radical (unpaired) electrons. The quantitative estimate of drug-likeness (QED) is 0.326. The van der Waals surface area contributed by atoms with Gasteiger partial charge in [-0.2, -0.15) is 0 Å². The summed E-state index contributed by atoms with van der Waals surface area (Å²) >= 11 is 0. The summed E-state index contributed by atoms with van der Waals surface area (Å²) in [5.41, 5.74) is 1.38. The van der Waals surface area contributed by atoms with E-state index < -0.39 is 6.04 Å². The van der Waals surface area contributed by atoms with Gasteiger partial charge in [0.25, 0.3) is 0 Å². The molecular weight excluding hydrogens is 300 g/mol. The summed E-state index contributed by atoms with van der Waals surface area (Å²) in [5.74, 6) is -0.258. The number of amides is 1. The largest absolute Gasteiger partial charge is 0.411 e. The van der Waals surface area contributed by atoms with Gasteiger partial charge in [0, 0.05) is 29.3 Å². The summed E-state index contributed by atoms with van der Waals surface area (Å²) in [5, 5.41) is 25.6. The molecule has 0 spiro atoms. The van der Waals surface area contributed by atoms with Crippen LogP contribution in [0.15, 0.2) is 41.3 Å². The van der Waals surface area contributed by atoms with Crippen LogP contribution in [0.5, 0.6) is 0 Å². The molecule has 2 N–H and O–H groups in total. The van der Waals surface area contributed by atoms with Crippen molar-refractivity contribution in [2.45, 2.75) is 32.7 Å². The van der Waals surface area contributed by atoms with Crippen LogP contribution in [0.3, 0.4) is 0 Å². The lowest BCUT2D eigenvalue weighted by Gasteiger charge is -2.09. The molecular formula is C15H20N4O4. The molecule has 0 saturated carbocycles. The Morgan fingerprint density at radius 1 is 1.61 bits per heavy atom. The second-order valence-corrected chi connectivity index (χ2v) is 5.00. The van der Waals surface area contributed by atoms with Crippen LogP contribution in [0.25, 0.3) is 0 Å². The van der Waals surface area contributed by atoms with Crippen LogP contribution >= 0.6 is 0 Å². The molecule has 23 heavy (non-hydrogen) atoms. The third-order valence-corrected chi connectivity index (χ3v) is 3.24. The van der Waals surface area contributed by atoms with E-state index in [1.54, 1.807) is 38.4 Å². The number of carbonyl (C=O) groups excluding carboxylic acids is 1. The van der Waals surface area contributed by atoms with Crippen molar-refractivity contribution < 1.29 is 14.9 Å². The van der Waals surface area contributed by atoms with Crippen molar-refractivity contribution in [3.63, 3.8) is 0 Å². The number of nitrogens with one attached hydrogen (secondary N) is 1. The highest BCUT2D eigenvalue weighted by molar-refractivity contribution is 5.98. The molecule has 8 heteroatoms. The summed E-state index contributed by atoms with van der Waals surface area (Å²) < 4.78 is 0. The van der Waals surface area contributed by atoms with Gasteiger partial charge in [0.1, 0.15) is 0 Å². The second kappa shape index (κ2) is 9.29. The minimum Gasteiger partial charge on any atom is -0.411 e. The lowest BCUT2D eigenvalue weighted by molar-refractivity contribution is -0.512. The summed E-state index contributed by atoms with van der Waals surface area (Å²) in [6, 6.07) is 2.68. The van der Waals surface area contributed by atoms with Crippen LogP contribution in [-0.2, 0) is 11.2 Å². The van der Waals surface area contributed by atoms with Gasteiger partial charge < -0.3 is 10.5 Å². The zero-order valence-electron chi connectivity index (χ0n) is 13.1. The Morgan fingerprint density at radius 3 is 2.87 bits per heavy atom. The third kappa shape index (κ3) is 6.25. The molecule has 0 aliphatic heterocycles. The fourth-order valence-corrected chi connectivity index (χ4v) is 2.05. The predicted octanol–water partition coefficient (Wildman–Crippen LogP) is 1.57. The van der Waals surface area contributed by atoms with Crippen LogP contribution < -0.4 is 5.32 Å². The van der Waals surface area contributed by atoms with Crippen molar-refractivity contribution >= 4 is 11.6 Å². The highest BCUT2D eigenvalue weighted by Crippen LogP contribution is 2.09. The zero-order valence-corrected chi connectivity index (χ0v) is 13.1. The van der Waals surface area contributed by atoms with Gasteiger partial charge in [0.2, 0.25) is 11.9 Å². The van der Waals surface area contributed by atoms with Crippen LogP contribution in [0, 0.1) is 10.1 Å². The number of hydrogen-bond donors (Lipinski definition) is 2. The highest BCUT2D eigenvalue weighted by atomic mass is 16.6. The average molecular weight is 320 g/mol. The van der Waals surface area contributed by atoms with E-state index in [1.165, 1.54) is 6.08 Å². The van der Waals surface area contributed by atoms with E-state index in [4.69, 9.17) is 5.21 Å². The van der Waals surface area contributed by atoms with Gasteiger partial charge in [-0.3, -0.25) is 19.9 Å². The van der Waals surface area contributed by atoms with Gasteiger partial charge in [0.15, 0.2) is 0 Å². The molecule has 1 rings (SSSR count). The Labute approximate surface area is 134 Å². The molecule has 1 heterocycles. The molecule has 0 aliphatic carbocycles. The van der Waals surface area contributed by atoms with Crippen LogP contribution in [0.2, 0.25) is 0 Å². The topological polar surface area (TPSA) is 118 Å². The molecule has 1 aromatic heterocycles. The van der Waals surface area contributed by atoms with Crippen LogP contribution in [0.4, 0.5) is 0 Å². The molecule has 1 aromatic rings. The molecule has 1 atom stereocenters. The number of pyridine rings is 1. The number of carbonyl (C=O) groups is 1. The number of oxime groups is 1. The molecule has 0 bridgehead atoms. The number of nitrogens with zero attached hydrogens (tertiary/aromatic N) is 3. The summed E-state index contributed by atoms with van der Waals surface area (Å²) in [7, 11) is 0. The monoisotopic (exact) mass is 320 g/mol. The fourth-order valence-electron chi connectivity index (χ4n) is 2.05. The minimum absolute atomic E-state index is 0.0128. The molecule has 1 unspecified atom stereocenters. The van der Waals surface area contributed by atoms with Gasteiger partial charge in [0.05, 0.1) is 18.7 Å². The first-order chi connectivity index (χ1) is 11.0. The number of hydrogen-bond acceptors (Lipinski definition) is 6. The molecule has 8 nitrogen and oxygen atoms in total. The van der Waals surface area contributed by atoms with Crippen molar-refractivity contribution in [1.82, 2.24) is 10.3 Å². The first-order valence-electron chi connectivity index (χ1n) is 7.16. The summed E-state index contributed by atoms with van der Waals surface area (Å²) in [6.45, 7) is 3.29. The second-order valence-electron chi connectivity index (χ2n) is 5.00. The smallest absolute Gasteiger partial charge is 0.233 e. The van der Waals surface area contributed by atoms with Gasteiger partial charge in [-0.05, 0) is 24.6 Å². The summed E-state index contributed by atoms with van der Waals surface area (Å²) in [6.07, 6.45) is 5.11. The molecule has 1 amide bonds.